The van der Waals surface area contributed by atoms with E-state index in [4.69, 9.17) is 9.15 Å². The number of nitrogens with zero attached hydrogens (tertiary/aromatic N) is 2. The molecule has 3 heterocycles. The van der Waals surface area contributed by atoms with Gasteiger partial charge in [-0.05, 0) is 55.5 Å². The first kappa shape index (κ1) is 22.4. The first-order valence-corrected chi connectivity index (χ1v) is 12.4. The Labute approximate surface area is 205 Å². The van der Waals surface area contributed by atoms with Crippen LogP contribution in [0, 0.1) is 5.92 Å². The van der Waals surface area contributed by atoms with Gasteiger partial charge in [0.25, 0.3) is 0 Å². The molecular formula is C28H32N2O5. The van der Waals surface area contributed by atoms with Crippen LogP contribution in [0.2, 0.25) is 0 Å². The summed E-state index contributed by atoms with van der Waals surface area (Å²) in [5.74, 6) is 0.364. The molecule has 7 nitrogen and oxygen atoms in total. The average molecular weight is 477 g/mol. The summed E-state index contributed by atoms with van der Waals surface area (Å²) < 4.78 is 11.7. The largest absolute Gasteiger partial charge is 0.504 e. The second-order valence-electron chi connectivity index (χ2n) is 10.6. The summed E-state index contributed by atoms with van der Waals surface area (Å²) in [5, 5.41) is 23.5. The van der Waals surface area contributed by atoms with E-state index in [1.165, 1.54) is 0 Å². The summed E-state index contributed by atoms with van der Waals surface area (Å²) in [7, 11) is 1.81. The Balaban J connectivity index is 1.45. The standard InChI is InChI=1S/C28H32N2O5/c1-4-11-30-12-10-27-24-19-6-7-21(31)25(24)35-26(27)20(14-17(2)28(27,33)22(30)15-19)29(3)23(32)8-5-18-9-13-34-16-18/h4-9,13,16-17,20,22,26,31,33H,1,10-12,14-15H2,2-3H3/b8-5+/t17-,20+,22+,26-,27-,28+/m0/s1. The van der Waals surface area contributed by atoms with Crippen LogP contribution in [0.4, 0.5) is 0 Å². The lowest BCUT2D eigenvalue weighted by Crippen LogP contribution is -2.80. The Hall–Kier alpha value is -3.03. The van der Waals surface area contributed by atoms with Crippen molar-refractivity contribution in [2.75, 3.05) is 20.1 Å². The van der Waals surface area contributed by atoms with E-state index in [9.17, 15) is 15.0 Å². The minimum atomic E-state index is -1.04. The lowest BCUT2D eigenvalue weighted by molar-refractivity contribution is -0.222. The third kappa shape index (κ3) is 2.82. The summed E-state index contributed by atoms with van der Waals surface area (Å²) in [4.78, 5) is 17.3. The van der Waals surface area contributed by atoms with Crippen molar-refractivity contribution in [3.05, 3.63) is 66.1 Å². The molecule has 1 saturated heterocycles. The minimum Gasteiger partial charge on any atom is -0.504 e. The number of amides is 1. The van der Waals surface area contributed by atoms with Crippen LogP contribution < -0.4 is 4.74 Å². The minimum absolute atomic E-state index is 0.0821. The maximum atomic E-state index is 13.2. The molecule has 0 radical (unpaired) electrons. The zero-order chi connectivity index (χ0) is 24.5. The Morgan fingerprint density at radius 3 is 2.94 bits per heavy atom. The van der Waals surface area contributed by atoms with Crippen LogP contribution in [0.3, 0.4) is 0 Å². The molecule has 2 aromatic rings. The van der Waals surface area contributed by atoms with Crippen molar-refractivity contribution in [1.29, 1.82) is 0 Å². The quantitative estimate of drug-likeness (QED) is 0.510. The molecule has 2 N–H and O–H groups in total. The van der Waals surface area contributed by atoms with Gasteiger partial charge in [-0.25, -0.2) is 0 Å². The number of carbonyl (C=O) groups excluding carboxylic acids is 1. The predicted molar refractivity (Wildman–Crippen MR) is 131 cm³/mol. The van der Waals surface area contributed by atoms with Crippen LogP contribution in [0.25, 0.3) is 6.08 Å². The van der Waals surface area contributed by atoms with Crippen LogP contribution in [0.15, 0.2) is 53.9 Å². The second-order valence-corrected chi connectivity index (χ2v) is 10.6. The number of aromatic hydroxyl groups is 1. The lowest BCUT2D eigenvalue weighted by atomic mass is 9.45. The van der Waals surface area contributed by atoms with E-state index >= 15 is 0 Å². The molecule has 184 valence electrons. The molecule has 0 unspecified atom stereocenters. The van der Waals surface area contributed by atoms with Crippen molar-refractivity contribution in [1.82, 2.24) is 9.80 Å². The van der Waals surface area contributed by atoms with Crippen LogP contribution in [0.1, 0.15) is 36.5 Å². The number of likely N-dealkylation sites (tertiary alicyclic amines) is 1. The molecule has 2 fully saturated rings. The van der Waals surface area contributed by atoms with Crippen molar-refractivity contribution >= 4 is 12.0 Å². The van der Waals surface area contributed by atoms with Gasteiger partial charge in [-0.2, -0.15) is 0 Å². The number of benzene rings is 1. The summed E-state index contributed by atoms with van der Waals surface area (Å²) in [6.07, 6.45) is 9.89. The molecule has 4 aliphatic rings. The predicted octanol–water partition coefficient (Wildman–Crippen LogP) is 3.11. The van der Waals surface area contributed by atoms with Crippen molar-refractivity contribution in [2.24, 2.45) is 5.92 Å². The van der Waals surface area contributed by atoms with E-state index in [0.717, 1.165) is 23.2 Å². The Morgan fingerprint density at radius 1 is 1.37 bits per heavy atom. The first-order valence-electron chi connectivity index (χ1n) is 12.4. The highest BCUT2D eigenvalue weighted by molar-refractivity contribution is 5.92. The van der Waals surface area contributed by atoms with Crippen molar-refractivity contribution in [3.63, 3.8) is 0 Å². The highest BCUT2D eigenvalue weighted by Gasteiger charge is 2.75. The fourth-order valence-electron chi connectivity index (χ4n) is 7.61. The molecule has 6 atom stereocenters. The van der Waals surface area contributed by atoms with Gasteiger partial charge >= 0.3 is 0 Å². The van der Waals surface area contributed by atoms with Gasteiger partial charge in [-0.3, -0.25) is 9.69 Å². The first-order chi connectivity index (χ1) is 16.8. The number of phenolic OH excluding ortho intramolecular Hbond substituents is 1. The summed E-state index contributed by atoms with van der Waals surface area (Å²) in [6, 6.07) is 5.13. The average Bonchev–Trinajstić information content (AvgIpc) is 3.48. The molecule has 1 saturated carbocycles. The highest BCUT2D eigenvalue weighted by Crippen LogP contribution is 2.67. The Kier molecular flexibility index (Phi) is 4.96. The van der Waals surface area contributed by atoms with Crippen molar-refractivity contribution in [2.45, 2.75) is 55.4 Å². The molecular weight excluding hydrogens is 444 g/mol. The summed E-state index contributed by atoms with van der Waals surface area (Å²) in [5.41, 5.74) is 1.15. The third-order valence-corrected chi connectivity index (χ3v) is 9.14. The molecule has 6 rings (SSSR count). The molecule has 2 aliphatic heterocycles. The van der Waals surface area contributed by atoms with Crippen LogP contribution >= 0.6 is 0 Å². The normalized spacial score (nSPS) is 34.9. The van der Waals surface area contributed by atoms with Crippen molar-refractivity contribution < 1.29 is 24.2 Å². The fraction of sp³-hybridized carbons (Fsp3) is 0.464. The number of hydrogen-bond acceptors (Lipinski definition) is 6. The van der Waals surface area contributed by atoms with E-state index in [0.29, 0.717) is 31.6 Å². The third-order valence-electron chi connectivity index (χ3n) is 9.14. The SMILES string of the molecule is C=CCN1CC[C@]23c4c5ccc(O)c4O[C@H]2[C@H](N(C)C(=O)/C=C/c2ccoc2)C[C@H](C)[C@@]3(O)[C@H]1C5. The van der Waals surface area contributed by atoms with E-state index in [2.05, 4.69) is 18.4 Å². The zero-order valence-corrected chi connectivity index (χ0v) is 20.2. The Morgan fingerprint density at radius 2 is 2.20 bits per heavy atom. The molecule has 2 bridgehead atoms. The number of phenols is 1. The monoisotopic (exact) mass is 476 g/mol. The Bertz CT molecular complexity index is 1210. The van der Waals surface area contributed by atoms with Gasteiger partial charge in [-0.1, -0.05) is 19.1 Å². The fourth-order valence-corrected chi connectivity index (χ4v) is 7.61. The van der Waals surface area contributed by atoms with Crippen molar-refractivity contribution in [3.8, 4) is 11.5 Å². The number of carbonyl (C=O) groups is 1. The number of furan rings is 1. The molecule has 7 heteroatoms. The molecule has 35 heavy (non-hydrogen) atoms. The maximum Gasteiger partial charge on any atom is 0.246 e. The zero-order valence-electron chi connectivity index (χ0n) is 20.2. The van der Waals surface area contributed by atoms with Gasteiger partial charge < -0.3 is 24.3 Å². The van der Waals surface area contributed by atoms with Gasteiger partial charge in [0.05, 0.1) is 29.6 Å². The number of likely N-dealkylation sites (N-methyl/N-ethyl adjacent to an activating group) is 1. The van der Waals surface area contributed by atoms with Crippen LogP contribution in [-0.4, -0.2) is 69.8 Å². The molecule has 1 spiro atoms. The number of rotatable bonds is 5. The van der Waals surface area contributed by atoms with Gasteiger partial charge in [0.1, 0.15) is 6.10 Å². The van der Waals surface area contributed by atoms with Gasteiger partial charge in [0, 0.05) is 36.8 Å². The van der Waals surface area contributed by atoms with E-state index in [1.807, 2.05) is 12.1 Å². The number of aliphatic hydroxyl groups is 1. The smallest absolute Gasteiger partial charge is 0.246 e. The molecule has 1 aromatic carbocycles. The molecule has 1 aromatic heterocycles. The van der Waals surface area contributed by atoms with Gasteiger partial charge in [0.15, 0.2) is 11.5 Å². The lowest BCUT2D eigenvalue weighted by Gasteiger charge is -2.66. The molecule has 2 aliphatic carbocycles. The van der Waals surface area contributed by atoms with Crippen LogP contribution in [0.5, 0.6) is 11.5 Å². The number of ether oxygens (including phenoxy) is 1. The van der Waals surface area contributed by atoms with E-state index in [-0.39, 0.29) is 29.7 Å². The summed E-state index contributed by atoms with van der Waals surface area (Å²) >= 11 is 0. The number of hydrogen-bond donors (Lipinski definition) is 2. The maximum absolute atomic E-state index is 13.2. The van der Waals surface area contributed by atoms with Gasteiger partial charge in [-0.15, -0.1) is 6.58 Å². The van der Waals surface area contributed by atoms with Crippen LogP contribution in [-0.2, 0) is 16.6 Å². The van der Waals surface area contributed by atoms with E-state index in [1.54, 1.807) is 48.8 Å². The topological polar surface area (TPSA) is 86.4 Å². The highest BCUT2D eigenvalue weighted by atomic mass is 16.5. The molecule has 1 amide bonds. The van der Waals surface area contributed by atoms with E-state index < -0.39 is 17.1 Å². The second kappa shape index (κ2) is 7.73. The van der Waals surface area contributed by atoms with Gasteiger partial charge in [0.2, 0.25) is 5.91 Å². The summed E-state index contributed by atoms with van der Waals surface area (Å²) in [6.45, 7) is 7.54. The number of piperidine rings is 1.